The number of carbonyl (C=O) groups is 3. The molecule has 0 radical (unpaired) electrons. The number of imide groups is 2. The average molecular weight is 345 g/mol. The molecule has 0 saturated carbocycles. The van der Waals surface area contributed by atoms with Gasteiger partial charge < -0.3 is 4.90 Å². The molecule has 1 aromatic carbocycles. The highest BCUT2D eigenvalue weighted by molar-refractivity contribution is 6.27. The molecule has 7 heteroatoms. The molecule has 0 aromatic heterocycles. The SMILES string of the molecule is CCC(=NCC[NH+](C)C)C1C(=O)NC(=O)N(Cc2ccccc2)C1=O. The Morgan fingerprint density at radius 1 is 1.20 bits per heavy atom. The van der Waals surface area contributed by atoms with Gasteiger partial charge in [0.1, 0.15) is 0 Å². The first-order chi connectivity index (χ1) is 11.9. The lowest BCUT2D eigenvalue weighted by molar-refractivity contribution is -0.856. The van der Waals surface area contributed by atoms with Crippen LogP contribution in [0.4, 0.5) is 4.79 Å². The highest BCUT2D eigenvalue weighted by atomic mass is 16.2. The molecule has 134 valence electrons. The summed E-state index contributed by atoms with van der Waals surface area (Å²) in [5.74, 6) is -2.11. The summed E-state index contributed by atoms with van der Waals surface area (Å²) in [6.45, 7) is 3.34. The van der Waals surface area contributed by atoms with Crippen molar-refractivity contribution in [1.82, 2.24) is 10.2 Å². The van der Waals surface area contributed by atoms with Crippen LogP contribution in [0.5, 0.6) is 0 Å². The number of benzene rings is 1. The lowest BCUT2D eigenvalue weighted by Crippen LogP contribution is -3.06. The van der Waals surface area contributed by atoms with Crippen molar-refractivity contribution >= 4 is 23.6 Å². The minimum Gasteiger partial charge on any atom is -0.338 e. The fourth-order valence-corrected chi connectivity index (χ4v) is 2.65. The topological polar surface area (TPSA) is 83.3 Å². The third kappa shape index (κ3) is 4.73. The molecule has 1 atom stereocenters. The number of quaternary nitrogens is 1. The normalized spacial score (nSPS) is 18.7. The molecule has 1 unspecified atom stereocenters. The van der Waals surface area contributed by atoms with E-state index in [0.717, 1.165) is 17.0 Å². The molecule has 7 nitrogen and oxygen atoms in total. The van der Waals surface area contributed by atoms with Crippen LogP contribution < -0.4 is 10.2 Å². The molecule has 2 N–H and O–H groups in total. The van der Waals surface area contributed by atoms with Gasteiger partial charge in [0.25, 0.3) is 0 Å². The van der Waals surface area contributed by atoms with E-state index in [9.17, 15) is 14.4 Å². The first-order valence-corrected chi connectivity index (χ1v) is 8.46. The molecule has 1 aromatic rings. The van der Waals surface area contributed by atoms with Crippen molar-refractivity contribution in [3.63, 3.8) is 0 Å². The van der Waals surface area contributed by atoms with Crippen molar-refractivity contribution in [3.8, 4) is 0 Å². The Balaban J connectivity index is 2.20. The van der Waals surface area contributed by atoms with E-state index in [1.165, 1.54) is 4.90 Å². The molecule has 2 rings (SSSR count). The molecule has 25 heavy (non-hydrogen) atoms. The molecule has 1 aliphatic rings. The Morgan fingerprint density at radius 2 is 1.88 bits per heavy atom. The zero-order valence-corrected chi connectivity index (χ0v) is 14.9. The number of urea groups is 1. The van der Waals surface area contributed by atoms with Crippen LogP contribution in [-0.4, -0.2) is 55.6 Å². The van der Waals surface area contributed by atoms with Crippen LogP contribution in [0.15, 0.2) is 35.3 Å². The van der Waals surface area contributed by atoms with Gasteiger partial charge in [0, 0.05) is 5.71 Å². The van der Waals surface area contributed by atoms with Crippen LogP contribution in [0.3, 0.4) is 0 Å². The molecule has 1 fully saturated rings. The molecule has 1 aliphatic heterocycles. The Morgan fingerprint density at radius 3 is 2.48 bits per heavy atom. The highest BCUT2D eigenvalue weighted by Gasteiger charge is 2.42. The zero-order chi connectivity index (χ0) is 18.4. The van der Waals surface area contributed by atoms with Crippen LogP contribution in [0.2, 0.25) is 0 Å². The van der Waals surface area contributed by atoms with Crippen molar-refractivity contribution in [3.05, 3.63) is 35.9 Å². The summed E-state index contributed by atoms with van der Waals surface area (Å²) < 4.78 is 0. The largest absolute Gasteiger partial charge is 0.338 e. The third-order valence-corrected chi connectivity index (χ3v) is 4.06. The van der Waals surface area contributed by atoms with E-state index in [2.05, 4.69) is 10.3 Å². The maximum Gasteiger partial charge on any atom is 0.331 e. The van der Waals surface area contributed by atoms with Gasteiger partial charge in [0.15, 0.2) is 5.92 Å². The van der Waals surface area contributed by atoms with Gasteiger partial charge in [-0.25, -0.2) is 4.79 Å². The Kier molecular flexibility index (Phi) is 6.41. The number of nitrogens with one attached hydrogen (secondary N) is 2. The van der Waals surface area contributed by atoms with Crippen molar-refractivity contribution in [2.45, 2.75) is 19.9 Å². The van der Waals surface area contributed by atoms with Gasteiger partial charge in [-0.05, 0) is 12.0 Å². The smallest absolute Gasteiger partial charge is 0.331 e. The van der Waals surface area contributed by atoms with Gasteiger partial charge in [0.05, 0.1) is 33.7 Å². The summed E-state index contributed by atoms with van der Waals surface area (Å²) in [6, 6.07) is 8.53. The maximum atomic E-state index is 12.8. The maximum absolute atomic E-state index is 12.8. The van der Waals surface area contributed by atoms with Gasteiger partial charge in [-0.1, -0.05) is 37.3 Å². The lowest BCUT2D eigenvalue weighted by Gasteiger charge is -2.30. The van der Waals surface area contributed by atoms with E-state index < -0.39 is 23.8 Å². The summed E-state index contributed by atoms with van der Waals surface area (Å²) in [5, 5.41) is 2.29. The Labute approximate surface area is 147 Å². The van der Waals surface area contributed by atoms with E-state index >= 15 is 0 Å². The highest BCUT2D eigenvalue weighted by Crippen LogP contribution is 2.17. The standard InChI is InChI=1S/C18H24N4O3/c1-4-14(19-10-11-21(2)3)15-16(23)20-18(25)22(17(15)24)12-13-8-6-5-7-9-13/h5-9,15H,4,10-12H2,1-3H3,(H,20,23,25)/p+1. The zero-order valence-electron chi connectivity index (χ0n) is 14.9. The second-order valence-electron chi connectivity index (χ2n) is 6.32. The predicted molar refractivity (Wildman–Crippen MR) is 94.3 cm³/mol. The molecule has 1 saturated heterocycles. The van der Waals surface area contributed by atoms with Gasteiger partial charge >= 0.3 is 6.03 Å². The molecule has 0 bridgehead atoms. The van der Waals surface area contributed by atoms with E-state index in [1.54, 1.807) is 0 Å². The number of amides is 4. The van der Waals surface area contributed by atoms with Gasteiger partial charge in [-0.3, -0.25) is 24.8 Å². The quantitative estimate of drug-likeness (QED) is 0.534. The number of barbiturate groups is 1. The molecule has 0 spiro atoms. The van der Waals surface area contributed by atoms with Crippen LogP contribution in [0, 0.1) is 5.92 Å². The monoisotopic (exact) mass is 345 g/mol. The number of hydrogen-bond acceptors (Lipinski definition) is 4. The van der Waals surface area contributed by atoms with Gasteiger partial charge in [-0.2, -0.15) is 0 Å². The fourth-order valence-electron chi connectivity index (χ4n) is 2.65. The summed E-state index contributed by atoms with van der Waals surface area (Å²) >= 11 is 0. The molecular formula is C18H25N4O3+. The lowest BCUT2D eigenvalue weighted by atomic mass is 9.96. The van der Waals surface area contributed by atoms with E-state index in [0.29, 0.717) is 18.7 Å². The van der Waals surface area contributed by atoms with Gasteiger partial charge in [-0.15, -0.1) is 0 Å². The number of hydrogen-bond donors (Lipinski definition) is 2. The third-order valence-electron chi connectivity index (χ3n) is 4.06. The fraction of sp³-hybridized carbons (Fsp3) is 0.444. The predicted octanol–water partition coefficient (Wildman–Crippen LogP) is -0.123. The summed E-state index contributed by atoms with van der Waals surface area (Å²) in [5.41, 5.74) is 1.35. The molecule has 1 heterocycles. The van der Waals surface area contributed by atoms with E-state index in [-0.39, 0.29) is 6.54 Å². The summed E-state index contributed by atoms with van der Waals surface area (Å²) in [7, 11) is 4.03. The number of aliphatic imine (C=N–C) groups is 1. The van der Waals surface area contributed by atoms with Crippen molar-refractivity contribution < 1.29 is 19.3 Å². The second-order valence-corrected chi connectivity index (χ2v) is 6.32. The van der Waals surface area contributed by atoms with Crippen LogP contribution in [-0.2, 0) is 16.1 Å². The average Bonchev–Trinajstić information content (AvgIpc) is 2.57. The van der Waals surface area contributed by atoms with Crippen molar-refractivity contribution in [2.75, 3.05) is 27.2 Å². The number of carbonyl (C=O) groups excluding carboxylic acids is 3. The molecular weight excluding hydrogens is 320 g/mol. The van der Waals surface area contributed by atoms with Crippen LogP contribution >= 0.6 is 0 Å². The molecule has 4 amide bonds. The minimum atomic E-state index is -1.02. The van der Waals surface area contributed by atoms with Crippen LogP contribution in [0.25, 0.3) is 0 Å². The molecule has 0 aliphatic carbocycles. The number of rotatable bonds is 7. The van der Waals surface area contributed by atoms with Crippen molar-refractivity contribution in [2.24, 2.45) is 10.9 Å². The number of nitrogens with zero attached hydrogens (tertiary/aromatic N) is 2. The minimum absolute atomic E-state index is 0.133. The summed E-state index contributed by atoms with van der Waals surface area (Å²) in [4.78, 5) is 43.9. The number of likely N-dealkylation sites (N-methyl/N-ethyl adjacent to an activating group) is 1. The van der Waals surface area contributed by atoms with E-state index in [4.69, 9.17) is 0 Å². The summed E-state index contributed by atoms with van der Waals surface area (Å²) in [6.07, 6.45) is 0.486. The van der Waals surface area contributed by atoms with Gasteiger partial charge in [0.2, 0.25) is 11.8 Å². The van der Waals surface area contributed by atoms with Crippen LogP contribution in [0.1, 0.15) is 18.9 Å². The second kappa shape index (κ2) is 8.53. The van der Waals surface area contributed by atoms with E-state index in [1.807, 2.05) is 51.4 Å². The van der Waals surface area contributed by atoms with Crippen molar-refractivity contribution in [1.29, 1.82) is 0 Å². The Bertz CT molecular complexity index is 670. The Hall–Kier alpha value is -2.54. The first kappa shape index (κ1) is 18.8. The first-order valence-electron chi connectivity index (χ1n) is 8.46.